The molecule has 0 saturated carbocycles. The van der Waals surface area contributed by atoms with E-state index in [1.54, 1.807) is 24.5 Å². The highest BCUT2D eigenvalue weighted by Crippen LogP contribution is 2.33. The maximum Gasteiger partial charge on any atom is 0.345 e. The van der Waals surface area contributed by atoms with Crippen LogP contribution in [0.4, 0.5) is 0 Å². The number of thiophene rings is 2. The first-order chi connectivity index (χ1) is 10.2. The van der Waals surface area contributed by atoms with Crippen molar-refractivity contribution in [3.8, 4) is 0 Å². The van der Waals surface area contributed by atoms with Crippen LogP contribution in [-0.4, -0.2) is 44.6 Å². The Balaban J connectivity index is 1.67. The number of hydrogen-bond acceptors (Lipinski definition) is 6. The van der Waals surface area contributed by atoms with E-state index in [0.717, 1.165) is 35.5 Å². The Labute approximate surface area is 131 Å². The predicted molar refractivity (Wildman–Crippen MR) is 85.7 cm³/mol. The van der Waals surface area contributed by atoms with E-state index in [1.165, 1.54) is 16.2 Å². The van der Waals surface area contributed by atoms with Gasteiger partial charge >= 0.3 is 5.97 Å². The van der Waals surface area contributed by atoms with Gasteiger partial charge in [0.1, 0.15) is 4.88 Å². The summed E-state index contributed by atoms with van der Waals surface area (Å²) in [5.41, 5.74) is 0. The van der Waals surface area contributed by atoms with Crippen molar-refractivity contribution in [3.63, 3.8) is 0 Å². The van der Waals surface area contributed by atoms with Crippen molar-refractivity contribution in [3.05, 3.63) is 21.9 Å². The molecule has 2 heterocycles. The van der Waals surface area contributed by atoms with E-state index in [-0.39, 0.29) is 0 Å². The second-order valence-corrected chi connectivity index (χ2v) is 6.95. The summed E-state index contributed by atoms with van der Waals surface area (Å²) in [7, 11) is 1.66. The van der Waals surface area contributed by atoms with E-state index < -0.39 is 5.97 Å². The molecule has 2 aromatic heterocycles. The molecule has 0 unspecified atom stereocenters. The van der Waals surface area contributed by atoms with Crippen LogP contribution in [0.2, 0.25) is 0 Å². The monoisotopic (exact) mass is 329 g/mol. The third kappa shape index (κ3) is 5.05. The Kier molecular flexibility index (Phi) is 6.59. The average molecular weight is 329 g/mol. The van der Waals surface area contributed by atoms with Crippen LogP contribution in [0.25, 0.3) is 9.40 Å². The topological polar surface area (TPSA) is 67.8 Å². The number of ether oxygens (including phenoxy) is 2. The van der Waals surface area contributed by atoms with Gasteiger partial charge in [0.05, 0.1) is 17.2 Å². The van der Waals surface area contributed by atoms with Crippen LogP contribution in [0.1, 0.15) is 21.0 Å². The van der Waals surface area contributed by atoms with E-state index in [1.807, 2.05) is 0 Å². The number of methoxy groups -OCH3 is 1. The van der Waals surface area contributed by atoms with Crippen molar-refractivity contribution >= 4 is 38.0 Å². The number of aromatic carboxylic acids is 1. The lowest BCUT2D eigenvalue weighted by Gasteiger charge is -2.04. The molecule has 21 heavy (non-hydrogen) atoms. The molecule has 0 aromatic carbocycles. The molecule has 0 radical (unpaired) electrons. The zero-order chi connectivity index (χ0) is 15.1. The fourth-order valence-corrected chi connectivity index (χ4v) is 4.14. The predicted octanol–water partition coefficient (Wildman–Crippen LogP) is 2.80. The average Bonchev–Trinajstić information content (AvgIpc) is 3.00. The molecular formula is C14H19NO4S2. The van der Waals surface area contributed by atoms with Crippen LogP contribution in [0.3, 0.4) is 0 Å². The van der Waals surface area contributed by atoms with Gasteiger partial charge < -0.3 is 19.9 Å². The van der Waals surface area contributed by atoms with Crippen molar-refractivity contribution in [2.24, 2.45) is 0 Å². The van der Waals surface area contributed by atoms with E-state index in [4.69, 9.17) is 14.6 Å². The van der Waals surface area contributed by atoms with Crippen molar-refractivity contribution in [1.29, 1.82) is 0 Å². The second-order valence-electron chi connectivity index (χ2n) is 4.51. The molecule has 0 aliphatic carbocycles. The van der Waals surface area contributed by atoms with Gasteiger partial charge in [-0.15, -0.1) is 22.7 Å². The normalized spacial score (nSPS) is 11.3. The summed E-state index contributed by atoms with van der Waals surface area (Å²) in [6.45, 7) is 3.73. The van der Waals surface area contributed by atoms with Gasteiger partial charge in [0.15, 0.2) is 0 Å². The first-order valence-corrected chi connectivity index (χ1v) is 8.37. The first-order valence-electron chi connectivity index (χ1n) is 6.73. The van der Waals surface area contributed by atoms with E-state index in [9.17, 15) is 4.79 Å². The van der Waals surface area contributed by atoms with Gasteiger partial charge in [-0.25, -0.2) is 4.79 Å². The maximum absolute atomic E-state index is 10.9. The van der Waals surface area contributed by atoms with Gasteiger partial charge in [0, 0.05) is 30.5 Å². The van der Waals surface area contributed by atoms with E-state index in [2.05, 4.69) is 11.4 Å². The SMILES string of the molecule is COCCOCCCNCc1cc2cc(C(=O)O)sc2s1. The summed E-state index contributed by atoms with van der Waals surface area (Å²) in [4.78, 5) is 12.5. The van der Waals surface area contributed by atoms with Gasteiger partial charge in [-0.05, 0) is 25.1 Å². The van der Waals surface area contributed by atoms with Crippen LogP contribution in [0.5, 0.6) is 0 Å². The number of carboxylic acid groups (broad SMARTS) is 1. The van der Waals surface area contributed by atoms with Crippen molar-refractivity contribution in [2.45, 2.75) is 13.0 Å². The Morgan fingerprint density at radius 3 is 2.86 bits per heavy atom. The van der Waals surface area contributed by atoms with Crippen LogP contribution < -0.4 is 5.32 Å². The Hall–Kier alpha value is -0.990. The summed E-state index contributed by atoms with van der Waals surface area (Å²) in [6.07, 6.45) is 0.965. The van der Waals surface area contributed by atoms with Crippen LogP contribution in [0.15, 0.2) is 12.1 Å². The van der Waals surface area contributed by atoms with Gasteiger partial charge in [-0.3, -0.25) is 0 Å². The number of nitrogens with one attached hydrogen (secondary N) is 1. The minimum atomic E-state index is -0.850. The lowest BCUT2D eigenvalue weighted by Crippen LogP contribution is -2.16. The molecule has 0 spiro atoms. The van der Waals surface area contributed by atoms with Crippen LogP contribution in [-0.2, 0) is 16.0 Å². The molecule has 7 heteroatoms. The zero-order valence-electron chi connectivity index (χ0n) is 11.9. The van der Waals surface area contributed by atoms with Gasteiger partial charge in [-0.1, -0.05) is 0 Å². The maximum atomic E-state index is 10.9. The Morgan fingerprint density at radius 1 is 1.29 bits per heavy atom. The van der Waals surface area contributed by atoms with Crippen LogP contribution >= 0.6 is 22.7 Å². The standard InChI is InChI=1S/C14H19NO4S2/c1-18-5-6-19-4-2-3-15-9-11-7-10-8-12(13(16)17)21-14(10)20-11/h7-8,15H,2-6,9H2,1H3,(H,16,17). The third-order valence-electron chi connectivity index (χ3n) is 2.85. The number of carbonyl (C=O) groups is 1. The number of carboxylic acids is 1. The summed E-state index contributed by atoms with van der Waals surface area (Å²) in [5, 5.41) is 13.3. The van der Waals surface area contributed by atoms with E-state index >= 15 is 0 Å². The second kappa shape index (κ2) is 8.45. The summed E-state index contributed by atoms with van der Waals surface area (Å²) in [6, 6.07) is 3.80. The molecular weight excluding hydrogens is 310 g/mol. The Morgan fingerprint density at radius 2 is 2.14 bits per heavy atom. The number of hydrogen-bond donors (Lipinski definition) is 2. The minimum absolute atomic E-state index is 0.406. The van der Waals surface area contributed by atoms with Crippen molar-refractivity contribution < 1.29 is 19.4 Å². The first kappa shape index (κ1) is 16.4. The van der Waals surface area contributed by atoms with Gasteiger partial charge in [0.2, 0.25) is 0 Å². The summed E-state index contributed by atoms with van der Waals surface area (Å²) in [5.74, 6) is -0.850. The fourth-order valence-electron chi connectivity index (χ4n) is 1.84. The minimum Gasteiger partial charge on any atom is -0.477 e. The highest BCUT2D eigenvalue weighted by atomic mass is 32.2. The van der Waals surface area contributed by atoms with Gasteiger partial charge in [-0.2, -0.15) is 0 Å². The molecule has 2 aromatic rings. The molecule has 0 atom stereocenters. The molecule has 2 rings (SSSR count). The lowest BCUT2D eigenvalue weighted by molar-refractivity contribution is 0.0694. The third-order valence-corrected chi connectivity index (χ3v) is 5.23. The molecule has 116 valence electrons. The van der Waals surface area contributed by atoms with E-state index in [0.29, 0.717) is 18.1 Å². The molecule has 0 fully saturated rings. The van der Waals surface area contributed by atoms with Gasteiger partial charge in [0.25, 0.3) is 0 Å². The lowest BCUT2D eigenvalue weighted by atomic mass is 10.3. The number of fused-ring (bicyclic) bond motifs is 1. The molecule has 0 amide bonds. The summed E-state index contributed by atoms with van der Waals surface area (Å²) < 4.78 is 11.4. The highest BCUT2D eigenvalue weighted by Gasteiger charge is 2.11. The highest BCUT2D eigenvalue weighted by molar-refractivity contribution is 7.39. The smallest absolute Gasteiger partial charge is 0.345 e. The zero-order valence-corrected chi connectivity index (χ0v) is 13.5. The molecule has 5 nitrogen and oxygen atoms in total. The quantitative estimate of drug-likeness (QED) is 0.656. The van der Waals surface area contributed by atoms with Crippen molar-refractivity contribution in [2.75, 3.05) is 33.5 Å². The molecule has 0 bridgehead atoms. The fraction of sp³-hybridized carbons (Fsp3) is 0.500. The van der Waals surface area contributed by atoms with Crippen LogP contribution in [0, 0.1) is 0 Å². The number of rotatable bonds is 10. The largest absolute Gasteiger partial charge is 0.477 e. The molecule has 2 N–H and O–H groups in total. The molecule has 0 saturated heterocycles. The summed E-state index contributed by atoms with van der Waals surface area (Å²) >= 11 is 3.00. The molecule has 0 aliphatic rings. The molecule has 0 aliphatic heterocycles. The van der Waals surface area contributed by atoms with Crippen molar-refractivity contribution in [1.82, 2.24) is 5.32 Å². The Bertz CT molecular complexity index is 547.